The summed E-state index contributed by atoms with van der Waals surface area (Å²) in [5, 5.41) is 4.12. The van der Waals surface area contributed by atoms with E-state index in [1.54, 1.807) is 0 Å². The fourth-order valence-corrected chi connectivity index (χ4v) is 2.08. The first kappa shape index (κ1) is 11.9. The summed E-state index contributed by atoms with van der Waals surface area (Å²) in [4.78, 5) is 22.0. The molecule has 1 fully saturated rings. The number of fused-ring (bicyclic) bond motifs is 1. The Bertz CT molecular complexity index is 701. The van der Waals surface area contributed by atoms with E-state index in [0.29, 0.717) is 32.3 Å². The Morgan fingerprint density at radius 2 is 2.25 bits per heavy atom. The summed E-state index contributed by atoms with van der Waals surface area (Å²) in [6, 6.07) is -0.241. The number of hydrogen-bond acceptors (Lipinski definition) is 7. The number of rotatable bonds is 2. The van der Waals surface area contributed by atoms with Crippen LogP contribution in [0.1, 0.15) is 11.9 Å². The number of hydrogen-bond donors (Lipinski definition) is 0. The van der Waals surface area contributed by atoms with Crippen molar-refractivity contribution in [2.75, 3.05) is 38.3 Å². The molecule has 9 heteroatoms. The average molecular weight is 299 g/mol. The molecule has 0 atom stereocenters. The van der Waals surface area contributed by atoms with Gasteiger partial charge in [0.2, 0.25) is 5.95 Å². The van der Waals surface area contributed by atoms with Crippen molar-refractivity contribution in [1.82, 2.24) is 19.6 Å². The lowest BCUT2D eigenvalue weighted by atomic mass is 10.4. The number of esters is 1. The smallest absolute Gasteiger partial charge is 0.356 e. The van der Waals surface area contributed by atoms with E-state index in [0.717, 1.165) is 0 Å². The van der Waals surface area contributed by atoms with Crippen molar-refractivity contribution >= 4 is 29.3 Å². The van der Waals surface area contributed by atoms with Gasteiger partial charge >= 0.3 is 5.97 Å². The molecular formula is C11H12ClN5O3. The first-order chi connectivity index (χ1) is 10.1. The van der Waals surface area contributed by atoms with Crippen LogP contribution in [0.25, 0.3) is 5.78 Å². The van der Waals surface area contributed by atoms with Crippen molar-refractivity contribution in [1.29, 1.82) is 0 Å². The lowest BCUT2D eigenvalue weighted by Crippen LogP contribution is -2.36. The summed E-state index contributed by atoms with van der Waals surface area (Å²) in [5.74, 6) is -0.150. The van der Waals surface area contributed by atoms with Gasteiger partial charge in [0, 0.05) is 19.1 Å². The van der Waals surface area contributed by atoms with Crippen molar-refractivity contribution in [2.24, 2.45) is 0 Å². The van der Waals surface area contributed by atoms with Crippen LogP contribution in [0.3, 0.4) is 0 Å². The third kappa shape index (κ3) is 2.27. The number of methoxy groups -OCH3 is 1. The minimum absolute atomic E-state index is 0.0977. The molecular weight excluding hydrogens is 286 g/mol. The number of ether oxygens (including phenoxy) is 2. The summed E-state index contributed by atoms with van der Waals surface area (Å²) in [6.45, 7) is 2.45. The zero-order valence-corrected chi connectivity index (χ0v) is 11.4. The fraction of sp³-hybridized carbons (Fsp3) is 0.455. The van der Waals surface area contributed by atoms with E-state index in [9.17, 15) is 4.79 Å². The highest BCUT2D eigenvalue weighted by molar-refractivity contribution is 6.29. The van der Waals surface area contributed by atoms with Crippen molar-refractivity contribution in [2.45, 2.75) is 0 Å². The van der Waals surface area contributed by atoms with Crippen molar-refractivity contribution in [3.05, 3.63) is 16.9 Å². The van der Waals surface area contributed by atoms with Crippen LogP contribution in [0.15, 0.2) is 6.04 Å². The first-order valence-corrected chi connectivity index (χ1v) is 6.33. The molecule has 1 aliphatic rings. The third-order valence-electron chi connectivity index (χ3n) is 2.88. The highest BCUT2D eigenvalue weighted by atomic mass is 35.5. The lowest BCUT2D eigenvalue weighted by Gasteiger charge is -2.25. The highest BCUT2D eigenvalue weighted by Gasteiger charge is 2.20. The molecule has 3 heterocycles. The Labute approximate surface area is 120 Å². The van der Waals surface area contributed by atoms with Gasteiger partial charge in [-0.1, -0.05) is 11.6 Å². The highest BCUT2D eigenvalue weighted by Crippen LogP contribution is 2.16. The van der Waals surface area contributed by atoms with Gasteiger partial charge < -0.3 is 14.4 Å². The quantitative estimate of drug-likeness (QED) is 0.586. The topological polar surface area (TPSA) is 81.9 Å². The molecule has 0 aromatic carbocycles. The van der Waals surface area contributed by atoms with Gasteiger partial charge in [0.25, 0.3) is 5.78 Å². The van der Waals surface area contributed by atoms with Crippen LogP contribution in [0.4, 0.5) is 5.95 Å². The largest absolute Gasteiger partial charge is 0.464 e. The van der Waals surface area contributed by atoms with Crippen molar-refractivity contribution in [3.8, 4) is 0 Å². The predicted molar refractivity (Wildman–Crippen MR) is 70.2 cm³/mol. The number of anilines is 1. The van der Waals surface area contributed by atoms with Gasteiger partial charge in [-0.3, -0.25) is 0 Å². The molecule has 1 aliphatic heterocycles. The molecule has 106 valence electrons. The molecule has 0 unspecified atom stereocenters. The first-order valence-electron chi connectivity index (χ1n) is 6.45. The molecule has 0 N–H and O–H groups in total. The predicted octanol–water partition coefficient (Wildman–Crippen LogP) is 0.401. The van der Waals surface area contributed by atoms with Gasteiger partial charge in [0.05, 0.1) is 21.7 Å². The van der Waals surface area contributed by atoms with E-state index in [4.69, 9.17) is 17.7 Å². The van der Waals surface area contributed by atoms with Gasteiger partial charge in [-0.15, -0.1) is 5.10 Å². The number of nitrogens with zero attached hydrogens (tertiary/aromatic N) is 5. The van der Waals surface area contributed by atoms with Crippen molar-refractivity contribution in [3.63, 3.8) is 0 Å². The molecule has 0 spiro atoms. The van der Waals surface area contributed by atoms with Crippen LogP contribution >= 0.6 is 11.6 Å². The van der Waals surface area contributed by atoms with Gasteiger partial charge in [-0.2, -0.15) is 14.5 Å². The van der Waals surface area contributed by atoms with Crippen molar-refractivity contribution < 1.29 is 15.6 Å². The summed E-state index contributed by atoms with van der Waals surface area (Å²) < 4.78 is 19.0. The third-order valence-corrected chi connectivity index (χ3v) is 3.06. The van der Waals surface area contributed by atoms with E-state index in [1.165, 1.54) is 11.6 Å². The second-order valence-electron chi connectivity index (χ2n) is 4.09. The Morgan fingerprint density at radius 3 is 2.95 bits per heavy atom. The van der Waals surface area contributed by atoms with Crippen LogP contribution in [-0.2, 0) is 9.47 Å². The van der Waals surface area contributed by atoms with Crippen LogP contribution in [0.2, 0.25) is 5.15 Å². The van der Waals surface area contributed by atoms with Gasteiger partial charge in [0.15, 0.2) is 5.69 Å². The van der Waals surface area contributed by atoms with Crippen LogP contribution in [0, 0.1) is 0 Å². The zero-order valence-electron chi connectivity index (χ0n) is 11.7. The maximum absolute atomic E-state index is 11.8. The minimum Gasteiger partial charge on any atom is -0.464 e. The molecule has 0 bridgehead atoms. The number of carbonyl (C=O) groups excluding carboxylic acids is 1. The Hall–Kier alpha value is -1.93. The number of halogens is 1. The van der Waals surface area contributed by atoms with Gasteiger partial charge in [-0.25, -0.2) is 4.79 Å². The number of carbonyl (C=O) groups is 1. The molecule has 0 saturated carbocycles. The molecule has 1 saturated heterocycles. The normalized spacial score (nSPS) is 16.3. The summed E-state index contributed by atoms with van der Waals surface area (Å²) in [6.07, 6.45) is 0. The van der Waals surface area contributed by atoms with Crippen LogP contribution < -0.4 is 4.90 Å². The summed E-state index contributed by atoms with van der Waals surface area (Å²) in [7, 11) is 1.22. The second-order valence-corrected chi connectivity index (χ2v) is 4.45. The van der Waals surface area contributed by atoms with Crippen LogP contribution in [-0.4, -0.2) is 59.0 Å². The molecule has 0 aliphatic carbocycles. The molecule has 20 heavy (non-hydrogen) atoms. The van der Waals surface area contributed by atoms with E-state index < -0.39 is 5.97 Å². The number of morpholine rings is 1. The zero-order chi connectivity index (χ0) is 15.0. The molecule has 0 radical (unpaired) electrons. The maximum Gasteiger partial charge on any atom is 0.356 e. The van der Waals surface area contributed by atoms with E-state index in [-0.39, 0.29) is 22.7 Å². The average Bonchev–Trinajstić information content (AvgIpc) is 2.92. The van der Waals surface area contributed by atoms with Gasteiger partial charge in [0.1, 0.15) is 5.15 Å². The van der Waals surface area contributed by atoms with E-state index >= 15 is 0 Å². The fourth-order valence-electron chi connectivity index (χ4n) is 1.91. The molecule has 0 amide bonds. The Morgan fingerprint density at radius 1 is 1.50 bits per heavy atom. The van der Waals surface area contributed by atoms with Gasteiger partial charge in [-0.05, 0) is 0 Å². The summed E-state index contributed by atoms with van der Waals surface area (Å²) in [5.41, 5.74) is -0.0977. The Balaban J connectivity index is 2.13. The lowest BCUT2D eigenvalue weighted by molar-refractivity contribution is 0.0590. The molecule has 2 aromatic rings. The molecule has 2 aromatic heterocycles. The molecule has 3 rings (SSSR count). The van der Waals surface area contributed by atoms with E-state index in [2.05, 4.69) is 19.8 Å². The SMILES string of the molecule is [2H]c1c(Cl)nc2nc(N3CCOCC3)nn2c1C(=O)OC. The second kappa shape index (κ2) is 5.22. The van der Waals surface area contributed by atoms with Crippen LogP contribution in [0.5, 0.6) is 0 Å². The number of aromatic nitrogens is 4. The maximum atomic E-state index is 11.8. The standard InChI is InChI=1S/C11H12ClN5O3/c1-19-9(18)7-6-8(12)13-10-14-11(15-17(7)10)16-2-4-20-5-3-16/h6H,2-5H2,1H3/i6D. The Kier molecular flexibility index (Phi) is 3.09. The minimum atomic E-state index is -0.715. The van der Waals surface area contributed by atoms with E-state index in [1.807, 2.05) is 4.90 Å². The monoisotopic (exact) mass is 298 g/mol. The molecule has 8 nitrogen and oxygen atoms in total. The summed E-state index contributed by atoms with van der Waals surface area (Å²) >= 11 is 5.87.